The minimum Gasteiger partial charge on any atom is -0.341 e. The molecule has 5 nitrogen and oxygen atoms in total. The molecule has 3 heterocycles. The van der Waals surface area contributed by atoms with Gasteiger partial charge in [-0.15, -0.1) is 0 Å². The second kappa shape index (κ2) is 7.01. The molecule has 0 spiro atoms. The molecule has 0 amide bonds. The van der Waals surface area contributed by atoms with Crippen LogP contribution in [0.4, 0.5) is 19.1 Å². The predicted molar refractivity (Wildman–Crippen MR) is 88.5 cm³/mol. The SMILES string of the molecule is CCc1cnc(N2CCC(n3nc(CC)cc3C(F)(F)F)CC2)nc1. The van der Waals surface area contributed by atoms with Gasteiger partial charge in [-0.3, -0.25) is 4.68 Å². The van der Waals surface area contributed by atoms with Crippen molar-refractivity contribution in [3.8, 4) is 0 Å². The van der Waals surface area contributed by atoms with Gasteiger partial charge in [0.05, 0.1) is 11.7 Å². The monoisotopic (exact) mass is 353 g/mol. The first-order valence-electron chi connectivity index (χ1n) is 8.63. The van der Waals surface area contributed by atoms with E-state index >= 15 is 0 Å². The molecule has 2 aromatic heterocycles. The molecule has 1 aliphatic rings. The van der Waals surface area contributed by atoms with E-state index in [4.69, 9.17) is 0 Å². The predicted octanol–water partition coefficient (Wildman–Crippen LogP) is 3.66. The normalized spacial score (nSPS) is 16.4. The van der Waals surface area contributed by atoms with Gasteiger partial charge in [0.25, 0.3) is 0 Å². The number of piperidine rings is 1. The number of hydrogen-bond donors (Lipinski definition) is 0. The van der Waals surface area contributed by atoms with E-state index in [0.29, 0.717) is 44.0 Å². The Morgan fingerprint density at radius 2 is 1.72 bits per heavy atom. The Kier molecular flexibility index (Phi) is 4.96. The molecule has 0 saturated carbocycles. The van der Waals surface area contributed by atoms with Gasteiger partial charge >= 0.3 is 6.18 Å². The van der Waals surface area contributed by atoms with E-state index in [1.807, 2.05) is 18.7 Å². The van der Waals surface area contributed by atoms with E-state index in [0.717, 1.165) is 12.0 Å². The van der Waals surface area contributed by atoms with Gasteiger partial charge in [0, 0.05) is 25.5 Å². The molecule has 0 N–H and O–H groups in total. The van der Waals surface area contributed by atoms with Crippen molar-refractivity contribution in [1.29, 1.82) is 0 Å². The van der Waals surface area contributed by atoms with Crippen LogP contribution in [-0.4, -0.2) is 32.8 Å². The molecule has 2 aromatic rings. The van der Waals surface area contributed by atoms with Crippen molar-refractivity contribution in [2.45, 2.75) is 51.7 Å². The lowest BCUT2D eigenvalue weighted by molar-refractivity contribution is -0.145. The average Bonchev–Trinajstić information content (AvgIpc) is 3.07. The van der Waals surface area contributed by atoms with Crippen LogP contribution in [0, 0.1) is 0 Å². The fraction of sp³-hybridized carbons (Fsp3) is 0.588. The van der Waals surface area contributed by atoms with Gasteiger partial charge in [-0.25, -0.2) is 9.97 Å². The fourth-order valence-corrected chi connectivity index (χ4v) is 3.11. The molecule has 136 valence electrons. The number of nitrogens with zero attached hydrogens (tertiary/aromatic N) is 5. The van der Waals surface area contributed by atoms with Crippen molar-refractivity contribution < 1.29 is 13.2 Å². The van der Waals surface area contributed by atoms with Gasteiger partial charge in [-0.05, 0) is 37.3 Å². The molecule has 0 unspecified atom stereocenters. The largest absolute Gasteiger partial charge is 0.433 e. The zero-order valence-corrected chi connectivity index (χ0v) is 14.4. The summed E-state index contributed by atoms with van der Waals surface area (Å²) in [6, 6.07) is 0.918. The standard InChI is InChI=1S/C17H22F3N5/c1-3-12-10-21-16(22-11-12)24-7-5-14(6-8-24)25-15(17(18,19)20)9-13(4-2)23-25/h9-11,14H,3-8H2,1-2H3. The fourth-order valence-electron chi connectivity index (χ4n) is 3.11. The van der Waals surface area contributed by atoms with E-state index in [9.17, 15) is 13.2 Å². The van der Waals surface area contributed by atoms with Crippen molar-refractivity contribution in [3.05, 3.63) is 35.4 Å². The summed E-state index contributed by atoms with van der Waals surface area (Å²) in [4.78, 5) is 10.7. The molecule has 1 saturated heterocycles. The molecule has 1 fully saturated rings. The number of rotatable bonds is 4. The van der Waals surface area contributed by atoms with Crippen molar-refractivity contribution in [1.82, 2.24) is 19.7 Å². The number of aromatic nitrogens is 4. The minimum absolute atomic E-state index is 0.247. The van der Waals surface area contributed by atoms with Crippen molar-refractivity contribution in [2.24, 2.45) is 0 Å². The van der Waals surface area contributed by atoms with Gasteiger partial charge < -0.3 is 4.90 Å². The summed E-state index contributed by atoms with van der Waals surface area (Å²) < 4.78 is 41.0. The Balaban J connectivity index is 1.72. The van der Waals surface area contributed by atoms with Gasteiger partial charge in [-0.2, -0.15) is 18.3 Å². The number of halogens is 3. The summed E-state index contributed by atoms with van der Waals surface area (Å²) in [5, 5.41) is 4.19. The number of aryl methyl sites for hydroxylation is 2. The van der Waals surface area contributed by atoms with Gasteiger partial charge in [0.15, 0.2) is 0 Å². The molecule has 0 atom stereocenters. The average molecular weight is 353 g/mol. The third-order valence-electron chi connectivity index (χ3n) is 4.63. The molecule has 0 aliphatic carbocycles. The van der Waals surface area contributed by atoms with Crippen LogP contribution in [0.5, 0.6) is 0 Å². The Labute approximate surface area is 144 Å². The van der Waals surface area contributed by atoms with Crippen LogP contribution in [0.3, 0.4) is 0 Å². The second-order valence-corrected chi connectivity index (χ2v) is 6.28. The number of hydrogen-bond acceptors (Lipinski definition) is 4. The zero-order valence-electron chi connectivity index (χ0n) is 14.4. The van der Waals surface area contributed by atoms with E-state index in [1.165, 1.54) is 10.7 Å². The first-order chi connectivity index (χ1) is 11.9. The summed E-state index contributed by atoms with van der Waals surface area (Å²) in [5.41, 5.74) is 0.900. The van der Waals surface area contributed by atoms with Crippen LogP contribution >= 0.6 is 0 Å². The van der Waals surface area contributed by atoms with Crippen LogP contribution in [0.15, 0.2) is 18.5 Å². The molecule has 0 radical (unpaired) electrons. The molecule has 3 rings (SSSR count). The molecular formula is C17H22F3N5. The smallest absolute Gasteiger partial charge is 0.341 e. The highest BCUT2D eigenvalue weighted by Crippen LogP contribution is 2.34. The first kappa shape index (κ1) is 17.7. The van der Waals surface area contributed by atoms with Gasteiger partial charge in [0.2, 0.25) is 5.95 Å². The maximum Gasteiger partial charge on any atom is 0.433 e. The van der Waals surface area contributed by atoms with E-state index in [-0.39, 0.29) is 6.04 Å². The summed E-state index contributed by atoms with van der Waals surface area (Å²) in [5.74, 6) is 0.640. The van der Waals surface area contributed by atoms with Crippen LogP contribution in [-0.2, 0) is 19.0 Å². The van der Waals surface area contributed by atoms with Gasteiger partial charge in [-0.1, -0.05) is 13.8 Å². The lowest BCUT2D eigenvalue weighted by Gasteiger charge is -2.32. The highest BCUT2D eigenvalue weighted by Gasteiger charge is 2.38. The van der Waals surface area contributed by atoms with Crippen LogP contribution in [0.2, 0.25) is 0 Å². The second-order valence-electron chi connectivity index (χ2n) is 6.28. The highest BCUT2D eigenvalue weighted by molar-refractivity contribution is 5.30. The maximum absolute atomic E-state index is 13.3. The molecule has 0 bridgehead atoms. The molecule has 8 heteroatoms. The van der Waals surface area contributed by atoms with Crippen molar-refractivity contribution in [2.75, 3.05) is 18.0 Å². The van der Waals surface area contributed by atoms with Gasteiger partial charge in [0.1, 0.15) is 5.69 Å². The lowest BCUT2D eigenvalue weighted by Crippen LogP contribution is -2.37. The number of alkyl halides is 3. The van der Waals surface area contributed by atoms with E-state index in [1.54, 1.807) is 12.4 Å². The zero-order chi connectivity index (χ0) is 18.0. The maximum atomic E-state index is 13.3. The summed E-state index contributed by atoms with van der Waals surface area (Å²) >= 11 is 0. The topological polar surface area (TPSA) is 46.8 Å². The summed E-state index contributed by atoms with van der Waals surface area (Å²) in [7, 11) is 0. The Hall–Kier alpha value is -2.12. The lowest BCUT2D eigenvalue weighted by atomic mass is 10.1. The first-order valence-corrected chi connectivity index (χ1v) is 8.63. The third-order valence-corrected chi connectivity index (χ3v) is 4.63. The Morgan fingerprint density at radius 1 is 1.08 bits per heavy atom. The van der Waals surface area contributed by atoms with Crippen LogP contribution < -0.4 is 4.90 Å². The Morgan fingerprint density at radius 3 is 2.24 bits per heavy atom. The van der Waals surface area contributed by atoms with E-state index in [2.05, 4.69) is 15.1 Å². The van der Waals surface area contributed by atoms with Crippen LogP contribution in [0.1, 0.15) is 49.7 Å². The number of anilines is 1. The van der Waals surface area contributed by atoms with Crippen molar-refractivity contribution >= 4 is 5.95 Å². The third kappa shape index (κ3) is 3.77. The quantitative estimate of drug-likeness (QED) is 0.842. The summed E-state index contributed by atoms with van der Waals surface area (Å²) in [6.07, 6.45) is 1.78. The molecule has 1 aliphatic heterocycles. The highest BCUT2D eigenvalue weighted by atomic mass is 19.4. The Bertz CT molecular complexity index is 700. The van der Waals surface area contributed by atoms with E-state index < -0.39 is 11.9 Å². The molecule has 0 aromatic carbocycles. The minimum atomic E-state index is -4.38. The molecular weight excluding hydrogens is 331 g/mol. The van der Waals surface area contributed by atoms with Crippen LogP contribution in [0.25, 0.3) is 0 Å². The van der Waals surface area contributed by atoms with Crippen molar-refractivity contribution in [3.63, 3.8) is 0 Å². The summed E-state index contributed by atoms with van der Waals surface area (Å²) in [6.45, 7) is 5.09. The molecule has 25 heavy (non-hydrogen) atoms.